The summed E-state index contributed by atoms with van der Waals surface area (Å²) >= 11 is 7.19. The van der Waals surface area contributed by atoms with Crippen molar-refractivity contribution in [3.8, 4) is 0 Å². The monoisotopic (exact) mass is 468 g/mol. The largest absolute Gasteiger partial charge is 0.478 e. The fraction of sp³-hybridized carbons (Fsp3) is 0.125. The molecule has 1 atom stereocenters. The zero-order valence-electron chi connectivity index (χ0n) is 17.2. The van der Waals surface area contributed by atoms with Crippen molar-refractivity contribution in [2.24, 2.45) is 0 Å². The molecule has 0 aliphatic carbocycles. The number of carboxylic acid groups (broad SMARTS) is 1. The third-order valence-electron chi connectivity index (χ3n) is 4.47. The Morgan fingerprint density at radius 3 is 2.38 bits per heavy atom. The van der Waals surface area contributed by atoms with Gasteiger partial charge >= 0.3 is 5.97 Å². The summed E-state index contributed by atoms with van der Waals surface area (Å²) in [5, 5.41) is 14.4. The predicted molar refractivity (Wildman–Crippen MR) is 128 cm³/mol. The van der Waals surface area contributed by atoms with Gasteiger partial charge in [-0.3, -0.25) is 9.59 Å². The first-order valence-corrected chi connectivity index (χ1v) is 11.0. The van der Waals surface area contributed by atoms with E-state index in [0.717, 1.165) is 10.5 Å². The molecule has 3 rings (SSSR count). The molecule has 0 aliphatic heterocycles. The number of carboxylic acids is 1. The van der Waals surface area contributed by atoms with E-state index in [1.807, 2.05) is 48.5 Å². The molecule has 3 aromatic carbocycles. The predicted octanol–water partition coefficient (Wildman–Crippen LogP) is 5.34. The molecule has 164 valence electrons. The van der Waals surface area contributed by atoms with Gasteiger partial charge in [-0.05, 0) is 48.9 Å². The summed E-state index contributed by atoms with van der Waals surface area (Å²) < 4.78 is 0. The molecule has 0 heterocycles. The van der Waals surface area contributed by atoms with Crippen LogP contribution >= 0.6 is 23.4 Å². The van der Waals surface area contributed by atoms with E-state index in [2.05, 4.69) is 10.6 Å². The molecule has 6 nitrogen and oxygen atoms in total. The van der Waals surface area contributed by atoms with Crippen LogP contribution in [0.2, 0.25) is 5.02 Å². The van der Waals surface area contributed by atoms with Gasteiger partial charge in [0.2, 0.25) is 11.8 Å². The molecule has 0 saturated carbocycles. The van der Waals surface area contributed by atoms with E-state index in [4.69, 9.17) is 16.7 Å². The molecule has 0 fully saturated rings. The normalized spacial score (nSPS) is 11.4. The lowest BCUT2D eigenvalue weighted by Crippen LogP contribution is -2.22. The number of thioether (sulfide) groups is 1. The Hall–Kier alpha value is -3.29. The standard InChI is InChI=1S/C24H21ClN2O4S/c1-15(23(29)27-18-10-11-21(25)20(14-18)24(30)31)32-19-9-5-8-17(13-19)26-22(28)12-16-6-3-2-4-7-16/h2-11,13-15H,12H2,1H3,(H,26,28)(H,27,29)(H,30,31). The van der Waals surface area contributed by atoms with Gasteiger partial charge in [0.25, 0.3) is 0 Å². The van der Waals surface area contributed by atoms with Crippen LogP contribution in [0.4, 0.5) is 11.4 Å². The number of rotatable bonds is 8. The first-order chi connectivity index (χ1) is 15.3. The number of halogens is 1. The van der Waals surface area contributed by atoms with Crippen molar-refractivity contribution in [2.75, 3.05) is 10.6 Å². The maximum absolute atomic E-state index is 12.6. The first-order valence-electron chi connectivity index (χ1n) is 9.76. The Morgan fingerprint density at radius 2 is 1.66 bits per heavy atom. The summed E-state index contributed by atoms with van der Waals surface area (Å²) in [4.78, 5) is 36.9. The average molecular weight is 469 g/mol. The summed E-state index contributed by atoms with van der Waals surface area (Å²) in [6.07, 6.45) is 0.274. The Morgan fingerprint density at radius 1 is 0.938 bits per heavy atom. The minimum Gasteiger partial charge on any atom is -0.478 e. The minimum absolute atomic E-state index is 0.0799. The molecule has 8 heteroatoms. The lowest BCUT2D eigenvalue weighted by molar-refractivity contribution is -0.116. The Kier molecular flexibility index (Phi) is 7.92. The number of amides is 2. The van der Waals surface area contributed by atoms with Gasteiger partial charge in [-0.1, -0.05) is 48.0 Å². The number of carbonyl (C=O) groups excluding carboxylic acids is 2. The lowest BCUT2D eigenvalue weighted by atomic mass is 10.1. The van der Waals surface area contributed by atoms with E-state index in [9.17, 15) is 14.4 Å². The number of nitrogens with one attached hydrogen (secondary N) is 2. The molecule has 32 heavy (non-hydrogen) atoms. The molecule has 1 unspecified atom stereocenters. The van der Waals surface area contributed by atoms with Crippen LogP contribution in [0.5, 0.6) is 0 Å². The summed E-state index contributed by atoms with van der Waals surface area (Å²) in [5.74, 6) is -1.58. The maximum atomic E-state index is 12.6. The second-order valence-electron chi connectivity index (χ2n) is 6.99. The minimum atomic E-state index is -1.17. The molecule has 0 aliphatic rings. The average Bonchev–Trinajstić information content (AvgIpc) is 2.75. The second kappa shape index (κ2) is 10.8. The van der Waals surface area contributed by atoms with Crippen LogP contribution in [0.15, 0.2) is 77.7 Å². The van der Waals surface area contributed by atoms with Crippen molar-refractivity contribution >= 4 is 52.5 Å². The lowest BCUT2D eigenvalue weighted by Gasteiger charge is -2.14. The first kappa shape index (κ1) is 23.4. The molecular weight excluding hydrogens is 448 g/mol. The number of anilines is 2. The number of hydrogen-bond donors (Lipinski definition) is 3. The zero-order valence-corrected chi connectivity index (χ0v) is 18.7. The summed E-state index contributed by atoms with van der Waals surface area (Å²) in [6.45, 7) is 1.74. The van der Waals surface area contributed by atoms with E-state index in [0.29, 0.717) is 11.4 Å². The second-order valence-corrected chi connectivity index (χ2v) is 8.81. The van der Waals surface area contributed by atoms with Gasteiger partial charge in [0.15, 0.2) is 0 Å². The SMILES string of the molecule is CC(Sc1cccc(NC(=O)Cc2ccccc2)c1)C(=O)Nc1ccc(Cl)c(C(=O)O)c1. The topological polar surface area (TPSA) is 95.5 Å². The fourth-order valence-electron chi connectivity index (χ4n) is 2.90. The fourth-order valence-corrected chi connectivity index (χ4v) is 4.03. The van der Waals surface area contributed by atoms with E-state index in [-0.39, 0.29) is 28.8 Å². The van der Waals surface area contributed by atoms with Gasteiger partial charge in [0.1, 0.15) is 0 Å². The Bertz CT molecular complexity index is 1140. The van der Waals surface area contributed by atoms with Gasteiger partial charge in [0, 0.05) is 16.3 Å². The van der Waals surface area contributed by atoms with E-state index >= 15 is 0 Å². The van der Waals surface area contributed by atoms with Crippen LogP contribution in [0.25, 0.3) is 0 Å². The molecule has 3 aromatic rings. The molecule has 0 radical (unpaired) electrons. The van der Waals surface area contributed by atoms with Crippen LogP contribution in [0.1, 0.15) is 22.8 Å². The number of carbonyl (C=O) groups is 3. The van der Waals surface area contributed by atoms with Crippen LogP contribution in [-0.2, 0) is 16.0 Å². The molecule has 0 spiro atoms. The molecule has 0 aromatic heterocycles. The van der Waals surface area contributed by atoms with Crippen molar-refractivity contribution in [3.63, 3.8) is 0 Å². The summed E-state index contributed by atoms with van der Waals surface area (Å²) in [7, 11) is 0. The van der Waals surface area contributed by atoms with Gasteiger partial charge in [-0.2, -0.15) is 0 Å². The van der Waals surface area contributed by atoms with Crippen molar-refractivity contribution in [1.29, 1.82) is 0 Å². The van der Waals surface area contributed by atoms with Crippen molar-refractivity contribution in [1.82, 2.24) is 0 Å². The molecular formula is C24H21ClN2O4S. The van der Waals surface area contributed by atoms with Crippen LogP contribution in [0, 0.1) is 0 Å². The van der Waals surface area contributed by atoms with Gasteiger partial charge in [0.05, 0.1) is 22.3 Å². The zero-order chi connectivity index (χ0) is 23.1. The number of hydrogen-bond acceptors (Lipinski definition) is 4. The molecule has 3 N–H and O–H groups in total. The maximum Gasteiger partial charge on any atom is 0.337 e. The van der Waals surface area contributed by atoms with Gasteiger partial charge < -0.3 is 15.7 Å². The van der Waals surface area contributed by atoms with Crippen molar-refractivity contribution in [3.05, 3.63) is 88.9 Å². The Labute approximate surface area is 195 Å². The van der Waals surface area contributed by atoms with Crippen molar-refractivity contribution in [2.45, 2.75) is 23.5 Å². The molecule has 2 amide bonds. The van der Waals surface area contributed by atoms with Crippen LogP contribution in [0.3, 0.4) is 0 Å². The van der Waals surface area contributed by atoms with Gasteiger partial charge in [-0.25, -0.2) is 4.79 Å². The highest BCUT2D eigenvalue weighted by Gasteiger charge is 2.17. The van der Waals surface area contributed by atoms with E-state index in [1.165, 1.54) is 23.9 Å². The quantitative estimate of drug-likeness (QED) is 0.388. The third kappa shape index (κ3) is 6.60. The third-order valence-corrected chi connectivity index (χ3v) is 5.90. The van der Waals surface area contributed by atoms with Crippen LogP contribution in [-0.4, -0.2) is 28.1 Å². The molecule has 0 saturated heterocycles. The number of benzene rings is 3. The highest BCUT2D eigenvalue weighted by atomic mass is 35.5. The van der Waals surface area contributed by atoms with Gasteiger partial charge in [-0.15, -0.1) is 11.8 Å². The Balaban J connectivity index is 1.59. The molecule has 0 bridgehead atoms. The van der Waals surface area contributed by atoms with E-state index < -0.39 is 11.2 Å². The van der Waals surface area contributed by atoms with Crippen molar-refractivity contribution < 1.29 is 19.5 Å². The van der Waals surface area contributed by atoms with E-state index in [1.54, 1.807) is 19.1 Å². The highest BCUT2D eigenvalue weighted by Crippen LogP contribution is 2.27. The van der Waals surface area contributed by atoms with Crippen LogP contribution < -0.4 is 10.6 Å². The smallest absolute Gasteiger partial charge is 0.337 e. The highest BCUT2D eigenvalue weighted by molar-refractivity contribution is 8.00. The summed E-state index contributed by atoms with van der Waals surface area (Å²) in [5.41, 5.74) is 1.84. The number of aromatic carboxylic acids is 1. The summed E-state index contributed by atoms with van der Waals surface area (Å²) in [6, 6.07) is 21.0.